The van der Waals surface area contributed by atoms with Crippen LogP contribution in [0, 0.1) is 0 Å². The van der Waals surface area contributed by atoms with Crippen LogP contribution in [0.4, 0.5) is 0 Å². The Hall–Kier alpha value is 0.137. The molecule has 0 bridgehead atoms. The van der Waals surface area contributed by atoms with Crippen LogP contribution in [0.15, 0.2) is 0 Å². The van der Waals surface area contributed by atoms with Crippen LogP contribution >= 0.6 is 0 Å². The monoisotopic (exact) mass is 188 g/mol. The molecule has 0 spiro atoms. The lowest BCUT2D eigenvalue weighted by atomic mass is 10.1. The Labute approximate surface area is 79.7 Å². The Morgan fingerprint density at radius 3 is 2.25 bits per heavy atom. The van der Waals surface area contributed by atoms with E-state index < -0.39 is 0 Å². The zero-order chi connectivity index (χ0) is 9.07. The van der Waals surface area contributed by atoms with Gasteiger partial charge in [0.05, 0.1) is 0 Å². The van der Waals surface area contributed by atoms with Gasteiger partial charge in [-0.3, -0.25) is 0 Å². The van der Waals surface area contributed by atoms with Gasteiger partial charge in [0.25, 0.3) is 0 Å². The lowest BCUT2D eigenvalue weighted by Gasteiger charge is -2.02. The van der Waals surface area contributed by atoms with Gasteiger partial charge in [0.2, 0.25) is 0 Å². The van der Waals surface area contributed by atoms with Gasteiger partial charge < -0.3 is 11.1 Å². The van der Waals surface area contributed by atoms with E-state index in [1.54, 1.807) is 0 Å². The molecular formula is C9H24N2Si. The first kappa shape index (κ1) is 12.1. The summed E-state index contributed by atoms with van der Waals surface area (Å²) >= 11 is 0. The van der Waals surface area contributed by atoms with E-state index >= 15 is 0 Å². The van der Waals surface area contributed by atoms with Gasteiger partial charge in [0.15, 0.2) is 0 Å². The second-order valence-corrected chi connectivity index (χ2v) is 4.31. The highest BCUT2D eigenvalue weighted by Crippen LogP contribution is 2.03. The molecule has 0 aliphatic rings. The van der Waals surface area contributed by atoms with E-state index in [1.165, 1.54) is 48.4 Å². The van der Waals surface area contributed by atoms with Crippen molar-refractivity contribution in [3.8, 4) is 0 Å². The summed E-state index contributed by atoms with van der Waals surface area (Å²) in [4.78, 5) is 0. The first-order valence-corrected chi connectivity index (χ1v) is 6.74. The second-order valence-electron chi connectivity index (χ2n) is 3.31. The van der Waals surface area contributed by atoms with Crippen molar-refractivity contribution in [3.05, 3.63) is 0 Å². The van der Waals surface area contributed by atoms with Crippen LogP contribution in [0.3, 0.4) is 0 Å². The van der Waals surface area contributed by atoms with Gasteiger partial charge in [0.1, 0.15) is 0 Å². The van der Waals surface area contributed by atoms with E-state index in [9.17, 15) is 0 Å². The van der Waals surface area contributed by atoms with E-state index in [1.807, 2.05) is 0 Å². The van der Waals surface area contributed by atoms with Gasteiger partial charge in [-0.25, -0.2) is 0 Å². The molecule has 0 aliphatic heterocycles. The quantitative estimate of drug-likeness (QED) is 0.403. The highest BCUT2D eigenvalue weighted by Gasteiger charge is 1.89. The molecule has 0 radical (unpaired) electrons. The topological polar surface area (TPSA) is 38.0 Å². The molecule has 74 valence electrons. The minimum atomic E-state index is 0.764. The number of nitrogens with one attached hydrogen (secondary N) is 1. The van der Waals surface area contributed by atoms with E-state index in [-0.39, 0.29) is 0 Å². The molecule has 3 heteroatoms. The van der Waals surface area contributed by atoms with Crippen molar-refractivity contribution in [3.63, 3.8) is 0 Å². The normalized spacial score (nSPS) is 10.8. The number of unbranched alkanes of at least 4 members (excludes halogenated alkanes) is 4. The minimum absolute atomic E-state index is 0.764. The van der Waals surface area contributed by atoms with Gasteiger partial charge in [-0.05, 0) is 13.0 Å². The van der Waals surface area contributed by atoms with E-state index in [4.69, 9.17) is 5.73 Å². The van der Waals surface area contributed by atoms with Crippen molar-refractivity contribution in [1.82, 2.24) is 5.32 Å². The number of rotatable bonds is 9. The summed E-state index contributed by atoms with van der Waals surface area (Å²) in [7, 11) is 1.38. The number of nitrogens with two attached hydrogens (primary N) is 1. The molecule has 12 heavy (non-hydrogen) atoms. The van der Waals surface area contributed by atoms with E-state index in [0.29, 0.717) is 0 Å². The van der Waals surface area contributed by atoms with Gasteiger partial charge in [-0.2, -0.15) is 0 Å². The van der Waals surface area contributed by atoms with Crippen LogP contribution in [0.2, 0.25) is 6.04 Å². The van der Waals surface area contributed by atoms with Crippen LogP contribution in [-0.4, -0.2) is 29.9 Å². The average Bonchev–Trinajstić information content (AvgIpc) is 2.10. The Morgan fingerprint density at radius 1 is 0.917 bits per heavy atom. The highest BCUT2D eigenvalue weighted by atomic mass is 28.1. The summed E-state index contributed by atoms with van der Waals surface area (Å²) < 4.78 is 0. The second kappa shape index (κ2) is 11.1. The van der Waals surface area contributed by atoms with Gasteiger partial charge in [-0.15, -0.1) is 0 Å². The fourth-order valence-corrected chi connectivity index (χ4v) is 1.76. The molecule has 0 rings (SSSR count). The lowest BCUT2D eigenvalue weighted by molar-refractivity contribution is 0.587. The summed E-state index contributed by atoms with van der Waals surface area (Å²) in [5.74, 6) is 0. The summed E-state index contributed by atoms with van der Waals surface area (Å²) in [6, 6.07) is 1.48. The van der Waals surface area contributed by atoms with Crippen LogP contribution < -0.4 is 11.1 Å². The molecule has 0 fully saturated rings. The Bertz CT molecular complexity index is 68.9. The molecule has 0 aromatic rings. The Morgan fingerprint density at radius 2 is 1.58 bits per heavy atom. The predicted octanol–water partition coefficient (Wildman–Crippen LogP) is 0.269. The molecule has 0 heterocycles. The summed E-state index contributed by atoms with van der Waals surface area (Å²) in [5.41, 5.74) is 5.35. The van der Waals surface area contributed by atoms with Crippen molar-refractivity contribution in [2.75, 3.05) is 19.6 Å². The standard InChI is InChI=1S/C9H24N2Si/c10-6-8-11-7-4-2-1-3-5-9-12/h11H,1-10H2,12H3. The molecular weight excluding hydrogens is 164 g/mol. The van der Waals surface area contributed by atoms with Crippen molar-refractivity contribution in [2.45, 2.75) is 38.1 Å². The number of hydrogen-bond acceptors (Lipinski definition) is 2. The molecule has 0 saturated carbocycles. The molecule has 2 nitrogen and oxygen atoms in total. The van der Waals surface area contributed by atoms with Crippen LogP contribution in [0.25, 0.3) is 0 Å². The highest BCUT2D eigenvalue weighted by molar-refractivity contribution is 6.08. The Kier molecular flexibility index (Phi) is 11.3. The largest absolute Gasteiger partial charge is 0.329 e. The SMILES string of the molecule is NCCNCCCCCCC[SiH3]. The molecule has 0 atom stereocenters. The molecule has 0 aromatic heterocycles. The molecule has 3 N–H and O–H groups in total. The molecule has 0 aliphatic carbocycles. The first-order chi connectivity index (χ1) is 5.91. The maximum absolute atomic E-state index is 5.35. The van der Waals surface area contributed by atoms with Crippen LogP contribution in [0.5, 0.6) is 0 Å². The van der Waals surface area contributed by atoms with Crippen LogP contribution in [-0.2, 0) is 0 Å². The smallest absolute Gasteiger partial charge is 0.00745 e. The van der Waals surface area contributed by atoms with Crippen molar-refractivity contribution in [2.24, 2.45) is 5.73 Å². The number of hydrogen-bond donors (Lipinski definition) is 2. The van der Waals surface area contributed by atoms with Gasteiger partial charge >= 0.3 is 0 Å². The molecule has 0 aromatic carbocycles. The Balaban J connectivity index is 2.73. The van der Waals surface area contributed by atoms with Gasteiger partial charge in [-0.1, -0.05) is 31.7 Å². The van der Waals surface area contributed by atoms with Crippen molar-refractivity contribution < 1.29 is 0 Å². The third-order valence-electron chi connectivity index (χ3n) is 2.03. The maximum atomic E-state index is 5.35. The van der Waals surface area contributed by atoms with E-state index in [2.05, 4.69) is 5.32 Å². The summed E-state index contributed by atoms with van der Waals surface area (Å²) in [5, 5.41) is 3.31. The third-order valence-corrected chi connectivity index (χ3v) is 2.74. The molecule has 0 unspecified atom stereocenters. The van der Waals surface area contributed by atoms with Crippen molar-refractivity contribution >= 4 is 10.2 Å². The first-order valence-electron chi connectivity index (χ1n) is 5.32. The summed E-state index contributed by atoms with van der Waals surface area (Å²) in [6.07, 6.45) is 7.04. The molecule has 0 saturated heterocycles. The maximum Gasteiger partial charge on any atom is 0.00745 e. The average molecular weight is 188 g/mol. The fraction of sp³-hybridized carbons (Fsp3) is 1.00. The third kappa shape index (κ3) is 10.1. The zero-order valence-electron chi connectivity index (χ0n) is 8.44. The van der Waals surface area contributed by atoms with Crippen molar-refractivity contribution in [1.29, 1.82) is 0 Å². The lowest BCUT2D eigenvalue weighted by Crippen LogP contribution is -2.23. The van der Waals surface area contributed by atoms with Crippen LogP contribution in [0.1, 0.15) is 32.1 Å². The summed E-state index contributed by atoms with van der Waals surface area (Å²) in [6.45, 7) is 2.89. The zero-order valence-corrected chi connectivity index (χ0v) is 10.4. The van der Waals surface area contributed by atoms with Gasteiger partial charge in [0, 0.05) is 23.3 Å². The van der Waals surface area contributed by atoms with E-state index in [0.717, 1.165) is 19.6 Å². The molecule has 0 amide bonds. The minimum Gasteiger partial charge on any atom is -0.329 e. The predicted molar refractivity (Wildman–Crippen MR) is 59.8 cm³/mol. The fourth-order valence-electron chi connectivity index (χ4n) is 1.26.